The SMILES string of the molecule is CCOC(=O)c1cc(-c2ccc(OC)cc2)nn1C[C@H](O)COc1ccc(Cl)cc1. The monoisotopic (exact) mass is 430 g/mol. The van der Waals surface area contributed by atoms with Gasteiger partial charge in [-0.2, -0.15) is 5.10 Å². The Balaban J connectivity index is 1.76. The van der Waals surface area contributed by atoms with Gasteiger partial charge in [0.1, 0.15) is 29.9 Å². The number of benzene rings is 2. The Morgan fingerprint density at radius 2 is 1.80 bits per heavy atom. The maximum absolute atomic E-state index is 12.4. The van der Waals surface area contributed by atoms with Crippen LogP contribution in [0.25, 0.3) is 11.3 Å². The summed E-state index contributed by atoms with van der Waals surface area (Å²) >= 11 is 5.86. The van der Waals surface area contributed by atoms with Crippen LogP contribution in [0.1, 0.15) is 17.4 Å². The molecule has 0 fully saturated rings. The summed E-state index contributed by atoms with van der Waals surface area (Å²) in [6, 6.07) is 15.8. The van der Waals surface area contributed by atoms with Gasteiger partial charge in [-0.15, -0.1) is 0 Å². The molecule has 0 amide bonds. The second-order valence-corrected chi connectivity index (χ2v) is 6.90. The quantitative estimate of drug-likeness (QED) is 0.519. The van der Waals surface area contributed by atoms with E-state index in [0.29, 0.717) is 16.5 Å². The van der Waals surface area contributed by atoms with E-state index in [2.05, 4.69) is 5.10 Å². The largest absolute Gasteiger partial charge is 0.497 e. The van der Waals surface area contributed by atoms with Crippen molar-refractivity contribution >= 4 is 17.6 Å². The minimum Gasteiger partial charge on any atom is -0.497 e. The third-order valence-electron chi connectivity index (χ3n) is 4.29. The number of hydrogen-bond donors (Lipinski definition) is 1. The number of halogens is 1. The Hall–Kier alpha value is -3.03. The molecule has 8 heteroatoms. The van der Waals surface area contributed by atoms with E-state index in [-0.39, 0.29) is 25.5 Å². The van der Waals surface area contributed by atoms with Crippen LogP contribution in [0, 0.1) is 0 Å². The van der Waals surface area contributed by atoms with Crippen molar-refractivity contribution in [3.05, 3.63) is 65.3 Å². The van der Waals surface area contributed by atoms with Crippen molar-refractivity contribution in [2.45, 2.75) is 19.6 Å². The zero-order chi connectivity index (χ0) is 21.5. The smallest absolute Gasteiger partial charge is 0.356 e. The first-order valence-electron chi connectivity index (χ1n) is 9.46. The van der Waals surface area contributed by atoms with Crippen LogP contribution in [-0.2, 0) is 11.3 Å². The number of nitrogens with zero attached hydrogens (tertiary/aromatic N) is 2. The van der Waals surface area contributed by atoms with E-state index in [4.69, 9.17) is 25.8 Å². The molecule has 1 N–H and O–H groups in total. The summed E-state index contributed by atoms with van der Waals surface area (Å²) in [6.07, 6.45) is -0.891. The maximum Gasteiger partial charge on any atom is 0.356 e. The van der Waals surface area contributed by atoms with E-state index in [1.165, 1.54) is 4.68 Å². The number of carbonyl (C=O) groups is 1. The molecule has 0 radical (unpaired) electrons. The molecule has 7 nitrogen and oxygen atoms in total. The molecule has 0 aliphatic carbocycles. The lowest BCUT2D eigenvalue weighted by Crippen LogP contribution is -2.26. The first-order chi connectivity index (χ1) is 14.5. The average Bonchev–Trinajstić information content (AvgIpc) is 3.17. The van der Waals surface area contributed by atoms with Gasteiger partial charge in [-0.25, -0.2) is 4.79 Å². The molecule has 158 valence electrons. The summed E-state index contributed by atoms with van der Waals surface area (Å²) in [4.78, 5) is 12.4. The van der Waals surface area contributed by atoms with Crippen LogP contribution in [0.3, 0.4) is 0 Å². The molecular formula is C22H23ClN2O5. The topological polar surface area (TPSA) is 82.8 Å². The molecule has 0 saturated carbocycles. The Kier molecular flexibility index (Phi) is 7.32. The zero-order valence-electron chi connectivity index (χ0n) is 16.7. The van der Waals surface area contributed by atoms with Crippen LogP contribution in [-0.4, -0.2) is 47.3 Å². The van der Waals surface area contributed by atoms with Crippen LogP contribution < -0.4 is 9.47 Å². The van der Waals surface area contributed by atoms with Crippen molar-refractivity contribution in [3.63, 3.8) is 0 Å². The highest BCUT2D eigenvalue weighted by Crippen LogP contribution is 2.23. The van der Waals surface area contributed by atoms with Crippen molar-refractivity contribution in [1.29, 1.82) is 0 Å². The molecular weight excluding hydrogens is 408 g/mol. The van der Waals surface area contributed by atoms with E-state index in [0.717, 1.165) is 11.3 Å². The van der Waals surface area contributed by atoms with Crippen LogP contribution in [0.15, 0.2) is 54.6 Å². The van der Waals surface area contributed by atoms with Gasteiger partial charge >= 0.3 is 5.97 Å². The van der Waals surface area contributed by atoms with Gasteiger partial charge < -0.3 is 19.3 Å². The molecule has 0 aliphatic rings. The van der Waals surface area contributed by atoms with Gasteiger partial charge in [0.2, 0.25) is 0 Å². The van der Waals surface area contributed by atoms with Crippen LogP contribution in [0.2, 0.25) is 5.02 Å². The summed E-state index contributed by atoms with van der Waals surface area (Å²) in [5.74, 6) is 0.803. The number of aliphatic hydroxyl groups excluding tert-OH is 1. The molecule has 0 aliphatic heterocycles. The molecule has 3 aromatic rings. The second-order valence-electron chi connectivity index (χ2n) is 6.46. The Labute approximate surface area is 179 Å². The summed E-state index contributed by atoms with van der Waals surface area (Å²) < 4.78 is 17.3. The van der Waals surface area contributed by atoms with Gasteiger partial charge in [-0.05, 0) is 61.5 Å². The first kappa shape index (κ1) is 21.7. The molecule has 0 saturated heterocycles. The van der Waals surface area contributed by atoms with Crippen LogP contribution in [0.4, 0.5) is 0 Å². The molecule has 0 unspecified atom stereocenters. The van der Waals surface area contributed by atoms with Crippen molar-refractivity contribution in [3.8, 4) is 22.8 Å². The normalized spacial score (nSPS) is 11.7. The highest BCUT2D eigenvalue weighted by Gasteiger charge is 2.20. The molecule has 0 spiro atoms. The van der Waals surface area contributed by atoms with Crippen molar-refractivity contribution in [2.75, 3.05) is 20.3 Å². The van der Waals surface area contributed by atoms with Gasteiger partial charge in [0.05, 0.1) is 26.0 Å². The van der Waals surface area contributed by atoms with Crippen LogP contribution >= 0.6 is 11.6 Å². The Morgan fingerprint density at radius 3 is 2.43 bits per heavy atom. The second kappa shape index (κ2) is 10.1. The number of hydrogen-bond acceptors (Lipinski definition) is 6. The van der Waals surface area contributed by atoms with Gasteiger partial charge in [-0.1, -0.05) is 11.6 Å². The van der Waals surface area contributed by atoms with Crippen molar-refractivity contribution in [2.24, 2.45) is 0 Å². The summed E-state index contributed by atoms with van der Waals surface area (Å²) in [5, 5.41) is 15.5. The minimum atomic E-state index is -0.891. The van der Waals surface area contributed by atoms with Gasteiger partial charge in [-0.3, -0.25) is 4.68 Å². The molecule has 0 bridgehead atoms. The predicted molar refractivity (Wildman–Crippen MR) is 113 cm³/mol. The number of carbonyl (C=O) groups excluding carboxylic acids is 1. The van der Waals surface area contributed by atoms with Crippen LogP contribution in [0.5, 0.6) is 11.5 Å². The molecule has 30 heavy (non-hydrogen) atoms. The summed E-state index contributed by atoms with van der Waals surface area (Å²) in [7, 11) is 1.59. The van der Waals surface area contributed by atoms with Crippen molar-refractivity contribution < 1.29 is 24.1 Å². The Bertz CT molecular complexity index is 970. The number of ether oxygens (including phenoxy) is 3. The van der Waals surface area contributed by atoms with Gasteiger partial charge in [0.15, 0.2) is 0 Å². The maximum atomic E-state index is 12.4. The lowest BCUT2D eigenvalue weighted by molar-refractivity contribution is 0.0497. The first-order valence-corrected chi connectivity index (χ1v) is 9.83. The van der Waals surface area contributed by atoms with Gasteiger partial charge in [0.25, 0.3) is 0 Å². The number of aliphatic hydroxyl groups is 1. The average molecular weight is 431 g/mol. The molecule has 1 heterocycles. The number of rotatable bonds is 9. The van der Waals surface area contributed by atoms with Gasteiger partial charge in [0, 0.05) is 10.6 Å². The summed E-state index contributed by atoms with van der Waals surface area (Å²) in [6.45, 7) is 2.07. The lowest BCUT2D eigenvalue weighted by atomic mass is 10.1. The third-order valence-corrected chi connectivity index (χ3v) is 4.54. The predicted octanol–water partition coefficient (Wildman–Crippen LogP) is 3.83. The number of aromatic nitrogens is 2. The lowest BCUT2D eigenvalue weighted by Gasteiger charge is -2.14. The number of methoxy groups -OCH3 is 1. The molecule has 3 rings (SSSR count). The Morgan fingerprint density at radius 1 is 1.13 bits per heavy atom. The van der Waals surface area contributed by atoms with Crippen molar-refractivity contribution in [1.82, 2.24) is 9.78 Å². The standard InChI is InChI=1S/C22H23ClN2O5/c1-3-29-22(27)21-12-20(15-4-8-18(28-2)9-5-15)24-25(21)13-17(26)14-30-19-10-6-16(23)7-11-19/h4-12,17,26H,3,13-14H2,1-2H3/t17-/m0/s1. The van der Waals surface area contributed by atoms with E-state index in [9.17, 15) is 9.90 Å². The molecule has 1 aromatic heterocycles. The minimum absolute atomic E-state index is 0.0294. The van der Waals surface area contributed by atoms with E-state index < -0.39 is 12.1 Å². The van der Waals surface area contributed by atoms with E-state index in [1.807, 2.05) is 24.3 Å². The van der Waals surface area contributed by atoms with E-state index in [1.54, 1.807) is 44.4 Å². The summed E-state index contributed by atoms with van der Waals surface area (Å²) in [5.41, 5.74) is 1.66. The highest BCUT2D eigenvalue weighted by atomic mass is 35.5. The fourth-order valence-corrected chi connectivity index (χ4v) is 2.93. The fraction of sp³-hybridized carbons (Fsp3) is 0.273. The zero-order valence-corrected chi connectivity index (χ0v) is 17.5. The number of esters is 1. The highest BCUT2D eigenvalue weighted by molar-refractivity contribution is 6.30. The molecule has 1 atom stereocenters. The molecule has 2 aromatic carbocycles. The fourth-order valence-electron chi connectivity index (χ4n) is 2.80. The van der Waals surface area contributed by atoms with E-state index >= 15 is 0 Å². The third kappa shape index (κ3) is 5.52.